The Labute approximate surface area is 246 Å². The Morgan fingerprint density at radius 2 is 1.56 bits per heavy atom. The van der Waals surface area contributed by atoms with Gasteiger partial charge in [0.2, 0.25) is 5.28 Å². The molecule has 0 fully saturated rings. The van der Waals surface area contributed by atoms with Gasteiger partial charge >= 0.3 is 5.69 Å². The minimum absolute atomic E-state index is 0.0161. The minimum Gasteiger partial charge on any atom is -0.367 e. The number of likely N-dealkylation sites (N-methyl/N-ethyl adjacent to an activating group) is 1. The van der Waals surface area contributed by atoms with Crippen LogP contribution in [0.15, 0.2) is 70.3 Å². The molecule has 1 atom stereocenters. The van der Waals surface area contributed by atoms with Gasteiger partial charge in [-0.15, -0.1) is 0 Å². The number of fused-ring (bicyclic) bond motifs is 1. The van der Waals surface area contributed by atoms with Gasteiger partial charge in [0.25, 0.3) is 5.56 Å². The van der Waals surface area contributed by atoms with Gasteiger partial charge in [0.15, 0.2) is 11.2 Å². The number of imidazole rings is 1. The number of halogens is 1. The normalized spacial score (nSPS) is 11.5. The second-order valence-corrected chi connectivity index (χ2v) is 10.4. The van der Waals surface area contributed by atoms with Crippen LogP contribution < -0.4 is 11.2 Å². The number of hydrogen-bond acceptors (Lipinski definition) is 6. The highest BCUT2D eigenvalue weighted by molar-refractivity contribution is 6.28. The number of aromatic nitrogens is 4. The maximum atomic E-state index is 11.5. The molecular weight excluding hydrogens is 542 g/mol. The fourth-order valence-corrected chi connectivity index (χ4v) is 4.06. The van der Waals surface area contributed by atoms with Gasteiger partial charge in [0.1, 0.15) is 12.4 Å². The minimum atomic E-state index is -0.428. The van der Waals surface area contributed by atoms with Gasteiger partial charge in [-0.25, -0.2) is 4.79 Å². The van der Waals surface area contributed by atoms with Gasteiger partial charge in [-0.2, -0.15) is 4.98 Å². The third-order valence-corrected chi connectivity index (χ3v) is 6.52. The van der Waals surface area contributed by atoms with E-state index in [1.165, 1.54) is 42.6 Å². The number of benzene rings is 2. The van der Waals surface area contributed by atoms with E-state index in [0.717, 1.165) is 30.4 Å². The average Bonchev–Trinajstić information content (AvgIpc) is 3.39. The summed E-state index contributed by atoms with van der Waals surface area (Å²) in [6.07, 6.45) is 4.47. The predicted molar refractivity (Wildman–Crippen MR) is 166 cm³/mol. The maximum absolute atomic E-state index is 11.5. The first kappa shape index (κ1) is 33.7. The van der Waals surface area contributed by atoms with Crippen molar-refractivity contribution in [3.8, 4) is 0 Å². The highest BCUT2D eigenvalue weighted by Gasteiger charge is 2.14. The van der Waals surface area contributed by atoms with Crippen LogP contribution >= 0.6 is 11.6 Å². The van der Waals surface area contributed by atoms with Crippen LogP contribution in [0, 0.1) is 5.92 Å². The molecule has 222 valence electrons. The molecule has 1 N–H and O–H groups in total. The number of aryl methyl sites for hydroxylation is 1. The van der Waals surface area contributed by atoms with Crippen molar-refractivity contribution in [2.24, 2.45) is 20.0 Å². The summed E-state index contributed by atoms with van der Waals surface area (Å²) in [7, 11) is 7.05. The van der Waals surface area contributed by atoms with Crippen molar-refractivity contribution >= 4 is 29.1 Å². The number of aldehydes is 1. The smallest absolute Gasteiger partial charge is 0.332 e. The summed E-state index contributed by atoms with van der Waals surface area (Å²) in [5.74, 6) is 0.273. The Bertz CT molecular complexity index is 1410. The predicted octanol–water partition coefficient (Wildman–Crippen LogP) is 4.98. The van der Waals surface area contributed by atoms with E-state index in [4.69, 9.17) is 16.3 Å². The van der Waals surface area contributed by atoms with Crippen LogP contribution in [-0.2, 0) is 23.6 Å². The third-order valence-electron chi connectivity index (χ3n) is 6.34. The Balaban J connectivity index is 0.000000235. The number of aromatic amines is 1. The van der Waals surface area contributed by atoms with Gasteiger partial charge in [-0.1, -0.05) is 87.4 Å². The Morgan fingerprint density at radius 3 is 2.05 bits per heavy atom. The van der Waals surface area contributed by atoms with Crippen molar-refractivity contribution in [3.05, 3.63) is 97.9 Å². The van der Waals surface area contributed by atoms with E-state index in [9.17, 15) is 14.4 Å². The van der Waals surface area contributed by atoms with Gasteiger partial charge in [0.05, 0.1) is 6.61 Å². The molecule has 0 aliphatic rings. The molecule has 4 rings (SSSR count). The number of H-pyrrole nitrogens is 1. The number of unbranched alkanes of at least 4 members (excludes halogenated alkanes) is 1. The molecule has 4 aromatic rings. The monoisotopic (exact) mass is 583 g/mol. The molecule has 2 aromatic carbocycles. The van der Waals surface area contributed by atoms with Gasteiger partial charge in [-0.05, 0) is 43.2 Å². The third kappa shape index (κ3) is 10.4. The standard InChI is InChI=1S/C17H21NO.C7H7ClN4O2.C7H14O/c1-18(2)13-14-19-17(15-9-5-3-6-10-15)16-11-7-4-8-12-16;1-11-4-3(9-6(8)10-4)5(13)12(2)7(11)14;1-3-4-5-7(2)6-8/h3-12,17H,13-14H2,1-2H3;1-2H3,(H,9,10);6-7H,3-5H2,1-2H3. The molecule has 2 heterocycles. The number of carbonyl (C=O) groups excluding carboxylic acids is 1. The topological polar surface area (TPSA) is 102 Å². The molecule has 1 unspecified atom stereocenters. The molecule has 10 heteroatoms. The Hall–Kier alpha value is -3.53. The van der Waals surface area contributed by atoms with Gasteiger partial charge in [-0.3, -0.25) is 13.9 Å². The van der Waals surface area contributed by atoms with E-state index in [-0.39, 0.29) is 28.5 Å². The van der Waals surface area contributed by atoms with Crippen molar-refractivity contribution in [1.82, 2.24) is 24.0 Å². The number of nitrogens with zero attached hydrogens (tertiary/aromatic N) is 4. The van der Waals surface area contributed by atoms with Crippen LogP contribution in [0.4, 0.5) is 0 Å². The first-order chi connectivity index (χ1) is 19.6. The molecule has 0 aliphatic carbocycles. The van der Waals surface area contributed by atoms with E-state index < -0.39 is 11.2 Å². The molecular formula is C31H42ClN5O4. The van der Waals surface area contributed by atoms with E-state index >= 15 is 0 Å². The summed E-state index contributed by atoms with van der Waals surface area (Å²) in [6.45, 7) is 5.75. The number of carbonyl (C=O) groups is 1. The summed E-state index contributed by atoms with van der Waals surface area (Å²) in [5.41, 5.74) is 2.05. The highest BCUT2D eigenvalue weighted by Crippen LogP contribution is 2.25. The summed E-state index contributed by atoms with van der Waals surface area (Å²) < 4.78 is 8.34. The van der Waals surface area contributed by atoms with Crippen molar-refractivity contribution < 1.29 is 9.53 Å². The Morgan fingerprint density at radius 1 is 1.00 bits per heavy atom. The lowest BCUT2D eigenvalue weighted by Gasteiger charge is -2.20. The van der Waals surface area contributed by atoms with E-state index in [1.54, 1.807) is 0 Å². The molecule has 9 nitrogen and oxygen atoms in total. The zero-order valence-corrected chi connectivity index (χ0v) is 25.6. The first-order valence-corrected chi connectivity index (χ1v) is 14.1. The average molecular weight is 584 g/mol. The zero-order valence-electron chi connectivity index (χ0n) is 24.8. The van der Waals surface area contributed by atoms with Crippen LogP contribution in [0.5, 0.6) is 0 Å². The van der Waals surface area contributed by atoms with Crippen molar-refractivity contribution in [2.75, 3.05) is 27.2 Å². The lowest BCUT2D eigenvalue weighted by atomic mass is 10.0. The van der Waals surface area contributed by atoms with E-state index in [1.807, 2.05) is 19.1 Å². The van der Waals surface area contributed by atoms with Crippen LogP contribution in [0.2, 0.25) is 5.28 Å². The Kier molecular flexibility index (Phi) is 14.2. The number of nitrogens with one attached hydrogen (secondary N) is 1. The highest BCUT2D eigenvalue weighted by atomic mass is 35.5. The van der Waals surface area contributed by atoms with Crippen molar-refractivity contribution in [3.63, 3.8) is 0 Å². The van der Waals surface area contributed by atoms with Gasteiger partial charge in [0, 0.05) is 26.6 Å². The van der Waals surface area contributed by atoms with E-state index in [0.29, 0.717) is 0 Å². The molecule has 0 spiro atoms. The molecule has 2 aromatic heterocycles. The fraction of sp³-hybridized carbons (Fsp3) is 0.419. The fourth-order valence-electron chi connectivity index (χ4n) is 3.89. The number of ether oxygens (including phenoxy) is 1. The summed E-state index contributed by atoms with van der Waals surface area (Å²) in [4.78, 5) is 41.6. The largest absolute Gasteiger partial charge is 0.367 e. The van der Waals surface area contributed by atoms with Crippen molar-refractivity contribution in [2.45, 2.75) is 39.2 Å². The maximum Gasteiger partial charge on any atom is 0.332 e. The van der Waals surface area contributed by atoms with Gasteiger partial charge < -0.3 is 19.4 Å². The quantitative estimate of drug-likeness (QED) is 0.209. The molecule has 0 saturated carbocycles. The second kappa shape index (κ2) is 17.3. The lowest BCUT2D eigenvalue weighted by Crippen LogP contribution is -2.36. The zero-order chi connectivity index (χ0) is 30.4. The molecule has 0 aliphatic heterocycles. The summed E-state index contributed by atoms with van der Waals surface area (Å²) in [6, 6.07) is 20.8. The number of rotatable bonds is 10. The van der Waals surface area contributed by atoms with Crippen LogP contribution in [0.25, 0.3) is 11.2 Å². The molecule has 0 bridgehead atoms. The van der Waals surface area contributed by atoms with Crippen LogP contribution in [-0.4, -0.2) is 57.5 Å². The van der Waals surface area contributed by atoms with Crippen LogP contribution in [0.1, 0.15) is 50.3 Å². The molecule has 41 heavy (non-hydrogen) atoms. The second-order valence-electron chi connectivity index (χ2n) is 10.1. The summed E-state index contributed by atoms with van der Waals surface area (Å²) in [5, 5.41) is 0.0956. The molecule has 0 radical (unpaired) electrons. The molecule has 0 amide bonds. The summed E-state index contributed by atoms with van der Waals surface area (Å²) >= 11 is 5.60. The van der Waals surface area contributed by atoms with Crippen molar-refractivity contribution in [1.29, 1.82) is 0 Å². The van der Waals surface area contributed by atoms with Crippen LogP contribution in [0.3, 0.4) is 0 Å². The SMILES string of the molecule is CCCCC(C)C=O.CN(C)CCOC(c1ccccc1)c1ccccc1.Cn1c(=O)c2[nH]c(Cl)nc2n(C)c1=O. The molecule has 0 saturated heterocycles. The first-order valence-electron chi connectivity index (χ1n) is 13.7. The lowest BCUT2D eigenvalue weighted by molar-refractivity contribution is -0.110. The van der Waals surface area contributed by atoms with E-state index in [2.05, 4.69) is 84.4 Å². The number of hydrogen-bond donors (Lipinski definition) is 1.